The summed E-state index contributed by atoms with van der Waals surface area (Å²) in [7, 11) is 0. The first-order valence-electron chi connectivity index (χ1n) is 5.19. The lowest BCUT2D eigenvalue weighted by Crippen LogP contribution is -2.32. The molecule has 0 heterocycles. The van der Waals surface area contributed by atoms with Crippen molar-refractivity contribution >= 4 is 0 Å². The summed E-state index contributed by atoms with van der Waals surface area (Å²) in [5.41, 5.74) is 0.111. The molecule has 70 valence electrons. The molecule has 0 aromatic rings. The number of hydrogen-bond acceptors (Lipinski definition) is 1. The number of rotatable bonds is 1. The molecule has 2 rings (SSSR count). The van der Waals surface area contributed by atoms with Gasteiger partial charge in [-0.05, 0) is 36.5 Å². The van der Waals surface area contributed by atoms with E-state index in [1.165, 1.54) is 19.3 Å². The van der Waals surface area contributed by atoms with Crippen LogP contribution in [0.2, 0.25) is 0 Å². The van der Waals surface area contributed by atoms with Crippen LogP contribution >= 0.6 is 0 Å². The van der Waals surface area contributed by atoms with Crippen LogP contribution in [0.25, 0.3) is 0 Å². The Morgan fingerprint density at radius 3 is 2.25 bits per heavy atom. The fourth-order valence-electron chi connectivity index (χ4n) is 3.17. The quantitative estimate of drug-likeness (QED) is 0.638. The van der Waals surface area contributed by atoms with Crippen molar-refractivity contribution in [2.45, 2.75) is 52.1 Å². The van der Waals surface area contributed by atoms with Gasteiger partial charge in [0.1, 0.15) is 0 Å². The van der Waals surface area contributed by atoms with Gasteiger partial charge in [-0.1, -0.05) is 27.2 Å². The van der Waals surface area contributed by atoms with E-state index in [-0.39, 0.29) is 5.60 Å². The van der Waals surface area contributed by atoms with Gasteiger partial charge in [0.2, 0.25) is 0 Å². The van der Waals surface area contributed by atoms with Crippen LogP contribution in [-0.2, 0) is 0 Å². The first-order valence-corrected chi connectivity index (χ1v) is 5.19. The van der Waals surface area contributed by atoms with Gasteiger partial charge in [0, 0.05) is 0 Å². The molecule has 0 radical (unpaired) electrons. The fraction of sp³-hybridized carbons (Fsp3) is 1.00. The summed E-state index contributed by atoms with van der Waals surface area (Å²) in [5.74, 6) is 1.12. The summed E-state index contributed by atoms with van der Waals surface area (Å²) >= 11 is 0. The van der Waals surface area contributed by atoms with Crippen LogP contribution < -0.4 is 0 Å². The Balaban J connectivity index is 2.14. The molecule has 0 spiro atoms. The van der Waals surface area contributed by atoms with E-state index in [0.717, 1.165) is 6.42 Å². The molecule has 0 saturated heterocycles. The van der Waals surface area contributed by atoms with Crippen LogP contribution in [0.4, 0.5) is 0 Å². The Morgan fingerprint density at radius 1 is 1.33 bits per heavy atom. The van der Waals surface area contributed by atoms with E-state index in [1.807, 2.05) is 0 Å². The Kier molecular flexibility index (Phi) is 1.61. The van der Waals surface area contributed by atoms with Crippen molar-refractivity contribution in [1.29, 1.82) is 0 Å². The van der Waals surface area contributed by atoms with Gasteiger partial charge >= 0.3 is 0 Å². The highest BCUT2D eigenvalue weighted by atomic mass is 16.3. The topological polar surface area (TPSA) is 20.2 Å². The highest BCUT2D eigenvalue weighted by Crippen LogP contribution is 2.59. The second-order valence-electron chi connectivity index (χ2n) is 5.53. The molecular weight excluding hydrogens is 148 g/mol. The van der Waals surface area contributed by atoms with Gasteiger partial charge < -0.3 is 5.11 Å². The van der Waals surface area contributed by atoms with Gasteiger partial charge in [-0.15, -0.1) is 0 Å². The maximum atomic E-state index is 10.2. The third-order valence-corrected chi connectivity index (χ3v) is 4.19. The smallest absolute Gasteiger partial charge is 0.0710 e. The first-order chi connectivity index (χ1) is 5.47. The molecule has 1 nitrogen and oxygen atoms in total. The summed E-state index contributed by atoms with van der Waals surface area (Å²) in [6, 6.07) is 0. The van der Waals surface area contributed by atoms with Gasteiger partial charge in [0.05, 0.1) is 5.60 Å². The molecular formula is C11H20O. The van der Waals surface area contributed by atoms with Gasteiger partial charge in [-0.2, -0.15) is 0 Å². The highest BCUT2D eigenvalue weighted by molar-refractivity contribution is 5.10. The zero-order valence-electron chi connectivity index (χ0n) is 8.43. The molecule has 3 unspecified atom stereocenters. The molecule has 2 saturated carbocycles. The Labute approximate surface area is 75.2 Å². The van der Waals surface area contributed by atoms with Gasteiger partial charge in [0.25, 0.3) is 0 Å². The van der Waals surface area contributed by atoms with Crippen LogP contribution in [0, 0.1) is 17.3 Å². The van der Waals surface area contributed by atoms with Crippen LogP contribution in [-0.4, -0.2) is 10.7 Å². The Bertz CT molecular complexity index is 197. The monoisotopic (exact) mass is 168 g/mol. The second-order valence-corrected chi connectivity index (χ2v) is 5.53. The van der Waals surface area contributed by atoms with Gasteiger partial charge in [-0.3, -0.25) is 0 Å². The summed E-state index contributed by atoms with van der Waals surface area (Å²) in [5, 5.41) is 10.2. The molecule has 0 aliphatic heterocycles. The van der Waals surface area contributed by atoms with Gasteiger partial charge in [0.15, 0.2) is 0 Å². The summed E-state index contributed by atoms with van der Waals surface area (Å²) < 4.78 is 0. The lowest BCUT2D eigenvalue weighted by molar-refractivity contribution is 0.0197. The highest BCUT2D eigenvalue weighted by Gasteiger charge is 2.60. The van der Waals surface area contributed by atoms with Crippen molar-refractivity contribution in [2.75, 3.05) is 0 Å². The lowest BCUT2D eigenvalue weighted by Gasteiger charge is -2.32. The van der Waals surface area contributed by atoms with Crippen molar-refractivity contribution in [1.82, 2.24) is 0 Å². The van der Waals surface area contributed by atoms with E-state index in [0.29, 0.717) is 17.3 Å². The van der Waals surface area contributed by atoms with Crippen LogP contribution in [0.3, 0.4) is 0 Å². The fourth-order valence-corrected chi connectivity index (χ4v) is 3.17. The molecule has 0 aromatic heterocycles. The molecule has 2 fully saturated rings. The van der Waals surface area contributed by atoms with E-state index in [9.17, 15) is 5.11 Å². The van der Waals surface area contributed by atoms with Crippen molar-refractivity contribution in [2.24, 2.45) is 17.3 Å². The van der Waals surface area contributed by atoms with E-state index >= 15 is 0 Å². The third kappa shape index (κ3) is 1.02. The minimum absolute atomic E-state index is 0.278. The van der Waals surface area contributed by atoms with Crippen molar-refractivity contribution in [3.05, 3.63) is 0 Å². The van der Waals surface area contributed by atoms with Crippen LogP contribution in [0.1, 0.15) is 46.5 Å². The van der Waals surface area contributed by atoms with E-state index in [2.05, 4.69) is 20.8 Å². The molecule has 2 aliphatic carbocycles. The van der Waals surface area contributed by atoms with Crippen LogP contribution in [0.5, 0.6) is 0 Å². The zero-order valence-corrected chi connectivity index (χ0v) is 8.43. The first kappa shape index (κ1) is 8.55. The molecule has 12 heavy (non-hydrogen) atoms. The molecule has 1 heteroatoms. The van der Waals surface area contributed by atoms with Crippen molar-refractivity contribution < 1.29 is 5.11 Å². The summed E-state index contributed by atoms with van der Waals surface area (Å²) in [6.45, 7) is 6.80. The molecule has 0 aromatic carbocycles. The molecule has 0 bridgehead atoms. The average Bonchev–Trinajstić information content (AvgIpc) is 2.40. The molecule has 0 amide bonds. The zero-order chi connectivity index (χ0) is 8.98. The van der Waals surface area contributed by atoms with Crippen molar-refractivity contribution in [3.63, 3.8) is 0 Å². The van der Waals surface area contributed by atoms with Crippen LogP contribution in [0.15, 0.2) is 0 Å². The molecule has 2 aliphatic rings. The normalized spacial score (nSPS) is 51.0. The number of aliphatic hydroxyl groups is 1. The predicted molar refractivity (Wildman–Crippen MR) is 49.9 cm³/mol. The molecule has 1 N–H and O–H groups in total. The van der Waals surface area contributed by atoms with E-state index < -0.39 is 0 Å². The Hall–Kier alpha value is -0.0400. The average molecular weight is 168 g/mol. The lowest BCUT2D eigenvalue weighted by atomic mass is 9.76. The minimum Gasteiger partial charge on any atom is -0.389 e. The van der Waals surface area contributed by atoms with Gasteiger partial charge in [-0.25, -0.2) is 0 Å². The maximum absolute atomic E-state index is 10.2. The standard InChI is InChI=1S/C11H20O/c1-8-7-11(8,12)9-5-4-6-10(9,2)3/h8-9,12H,4-7H2,1-3H3. The summed E-state index contributed by atoms with van der Waals surface area (Å²) in [4.78, 5) is 0. The number of hydrogen-bond donors (Lipinski definition) is 1. The van der Waals surface area contributed by atoms with E-state index in [4.69, 9.17) is 0 Å². The van der Waals surface area contributed by atoms with E-state index in [1.54, 1.807) is 0 Å². The third-order valence-electron chi connectivity index (χ3n) is 4.19. The summed E-state index contributed by atoms with van der Waals surface area (Å²) in [6.07, 6.45) is 4.90. The molecule has 3 atom stereocenters. The predicted octanol–water partition coefficient (Wildman–Crippen LogP) is 2.58. The Morgan fingerprint density at radius 2 is 1.92 bits per heavy atom. The largest absolute Gasteiger partial charge is 0.389 e. The van der Waals surface area contributed by atoms with Crippen molar-refractivity contribution in [3.8, 4) is 0 Å². The second kappa shape index (κ2) is 2.25. The maximum Gasteiger partial charge on any atom is 0.0710 e. The minimum atomic E-state index is -0.278. The SMILES string of the molecule is CC1CC1(O)C1CCCC1(C)C.